The standard InChI is InChI=1S/C23H23FN2O2/c24-19-8-6-17(7-9-19)14-23(16-27)11-3-13-26(15-23)22(28)21-20-5-2-1-4-18(20)10-12-25-21/h1-2,4-10,12,27H,3,11,13-16H2/t23-/m0/s1. The second-order valence-electron chi connectivity index (χ2n) is 7.67. The molecule has 1 fully saturated rings. The summed E-state index contributed by atoms with van der Waals surface area (Å²) in [5.74, 6) is -0.377. The number of pyridine rings is 1. The number of hydrogen-bond acceptors (Lipinski definition) is 3. The van der Waals surface area contributed by atoms with Crippen molar-refractivity contribution in [1.82, 2.24) is 9.88 Å². The zero-order chi connectivity index (χ0) is 19.6. The highest BCUT2D eigenvalue weighted by molar-refractivity contribution is 6.05. The predicted octanol–water partition coefficient (Wildman–Crippen LogP) is 3.83. The number of hydrogen-bond donors (Lipinski definition) is 1. The van der Waals surface area contributed by atoms with Crippen LogP contribution in [0, 0.1) is 11.2 Å². The lowest BCUT2D eigenvalue weighted by Gasteiger charge is -2.42. The Kier molecular flexibility index (Phi) is 5.09. The highest BCUT2D eigenvalue weighted by atomic mass is 19.1. The largest absolute Gasteiger partial charge is 0.396 e. The first-order chi connectivity index (χ1) is 13.6. The molecule has 2 heterocycles. The molecule has 1 N–H and O–H groups in total. The number of aromatic nitrogens is 1. The number of piperidine rings is 1. The van der Waals surface area contributed by atoms with Crippen LogP contribution in [-0.4, -0.2) is 40.6 Å². The molecule has 28 heavy (non-hydrogen) atoms. The Morgan fingerprint density at radius 1 is 1.14 bits per heavy atom. The lowest BCUT2D eigenvalue weighted by atomic mass is 9.75. The number of likely N-dealkylation sites (tertiary alicyclic amines) is 1. The van der Waals surface area contributed by atoms with Crippen LogP contribution in [0.1, 0.15) is 28.9 Å². The molecule has 0 radical (unpaired) electrons. The maximum atomic E-state index is 13.2. The Bertz CT molecular complexity index is 984. The number of amides is 1. The van der Waals surface area contributed by atoms with E-state index < -0.39 is 5.41 Å². The van der Waals surface area contributed by atoms with Crippen LogP contribution in [-0.2, 0) is 6.42 Å². The first-order valence-corrected chi connectivity index (χ1v) is 9.59. The van der Waals surface area contributed by atoms with Crippen LogP contribution in [0.15, 0.2) is 60.8 Å². The van der Waals surface area contributed by atoms with E-state index >= 15 is 0 Å². The Balaban J connectivity index is 1.59. The molecule has 1 saturated heterocycles. The van der Waals surface area contributed by atoms with E-state index in [4.69, 9.17) is 0 Å². The van der Waals surface area contributed by atoms with Gasteiger partial charge in [0.05, 0.1) is 6.61 Å². The number of fused-ring (bicyclic) bond motifs is 1. The molecule has 0 saturated carbocycles. The monoisotopic (exact) mass is 378 g/mol. The highest BCUT2D eigenvalue weighted by Gasteiger charge is 2.37. The van der Waals surface area contributed by atoms with Crippen molar-refractivity contribution in [2.24, 2.45) is 5.41 Å². The third-order valence-corrected chi connectivity index (χ3v) is 5.65. The molecule has 1 aliphatic heterocycles. The average molecular weight is 378 g/mol. The molecular formula is C23H23FN2O2. The van der Waals surface area contributed by atoms with Crippen molar-refractivity contribution in [2.45, 2.75) is 19.3 Å². The van der Waals surface area contributed by atoms with Crippen molar-refractivity contribution in [3.63, 3.8) is 0 Å². The number of rotatable bonds is 4. The van der Waals surface area contributed by atoms with Gasteiger partial charge in [-0.1, -0.05) is 36.4 Å². The molecule has 1 amide bonds. The smallest absolute Gasteiger partial charge is 0.273 e. The van der Waals surface area contributed by atoms with Gasteiger partial charge in [-0.25, -0.2) is 4.39 Å². The first kappa shape index (κ1) is 18.6. The fourth-order valence-corrected chi connectivity index (χ4v) is 4.19. The molecule has 144 valence electrons. The van der Waals surface area contributed by atoms with Crippen molar-refractivity contribution in [3.05, 3.63) is 77.9 Å². The fraction of sp³-hybridized carbons (Fsp3) is 0.304. The predicted molar refractivity (Wildman–Crippen MR) is 107 cm³/mol. The van der Waals surface area contributed by atoms with Crippen LogP contribution < -0.4 is 0 Å². The van der Waals surface area contributed by atoms with Crippen molar-refractivity contribution < 1.29 is 14.3 Å². The molecule has 0 spiro atoms. The molecule has 5 heteroatoms. The highest BCUT2D eigenvalue weighted by Crippen LogP contribution is 2.34. The molecule has 3 aromatic rings. The Labute approximate surface area is 163 Å². The molecule has 1 atom stereocenters. The van der Waals surface area contributed by atoms with Gasteiger partial charge in [-0.15, -0.1) is 0 Å². The van der Waals surface area contributed by atoms with Crippen LogP contribution in [0.25, 0.3) is 10.8 Å². The second kappa shape index (κ2) is 7.68. The maximum absolute atomic E-state index is 13.2. The van der Waals surface area contributed by atoms with Crippen LogP contribution in [0.2, 0.25) is 0 Å². The van der Waals surface area contributed by atoms with Gasteiger partial charge in [-0.3, -0.25) is 9.78 Å². The molecule has 0 aliphatic carbocycles. The first-order valence-electron chi connectivity index (χ1n) is 9.59. The van der Waals surface area contributed by atoms with Crippen LogP contribution >= 0.6 is 0 Å². The van der Waals surface area contributed by atoms with Gasteiger partial charge in [0.2, 0.25) is 0 Å². The molecule has 2 aromatic carbocycles. The summed E-state index contributed by atoms with van der Waals surface area (Å²) in [6.07, 6.45) is 3.92. The number of aliphatic hydroxyl groups is 1. The number of halogens is 1. The fourth-order valence-electron chi connectivity index (χ4n) is 4.19. The van der Waals surface area contributed by atoms with Crippen molar-refractivity contribution in [2.75, 3.05) is 19.7 Å². The Morgan fingerprint density at radius 2 is 1.93 bits per heavy atom. The van der Waals surface area contributed by atoms with Gasteiger partial charge in [0.25, 0.3) is 5.91 Å². The SMILES string of the molecule is O=C(c1nccc2ccccc12)N1CCC[C@](CO)(Cc2ccc(F)cc2)C1. The minimum atomic E-state index is -0.420. The average Bonchev–Trinajstić information content (AvgIpc) is 2.74. The van der Waals surface area contributed by atoms with E-state index in [1.807, 2.05) is 30.3 Å². The quantitative estimate of drug-likeness (QED) is 0.751. The number of benzene rings is 2. The summed E-state index contributed by atoms with van der Waals surface area (Å²) in [4.78, 5) is 19.4. The lowest BCUT2D eigenvalue weighted by Crippen LogP contribution is -2.49. The van der Waals surface area contributed by atoms with E-state index in [-0.39, 0.29) is 18.3 Å². The summed E-state index contributed by atoms with van der Waals surface area (Å²) < 4.78 is 13.2. The number of nitrogens with zero attached hydrogens (tertiary/aromatic N) is 2. The van der Waals surface area contributed by atoms with Gasteiger partial charge >= 0.3 is 0 Å². The van der Waals surface area contributed by atoms with Gasteiger partial charge in [0.15, 0.2) is 0 Å². The zero-order valence-electron chi connectivity index (χ0n) is 15.6. The second-order valence-corrected chi connectivity index (χ2v) is 7.67. The van der Waals surface area contributed by atoms with Crippen molar-refractivity contribution in [1.29, 1.82) is 0 Å². The van der Waals surface area contributed by atoms with Gasteiger partial charge in [0, 0.05) is 30.1 Å². The minimum absolute atomic E-state index is 0.0167. The van der Waals surface area contributed by atoms with Crippen LogP contribution in [0.3, 0.4) is 0 Å². The van der Waals surface area contributed by atoms with Gasteiger partial charge in [-0.05, 0) is 48.4 Å². The van der Waals surface area contributed by atoms with Gasteiger partial charge < -0.3 is 10.0 Å². The summed E-state index contributed by atoms with van der Waals surface area (Å²) in [7, 11) is 0. The molecule has 0 unspecified atom stereocenters. The third kappa shape index (κ3) is 3.62. The topological polar surface area (TPSA) is 53.4 Å². The van der Waals surface area contributed by atoms with E-state index in [2.05, 4.69) is 4.98 Å². The van der Waals surface area contributed by atoms with E-state index in [0.717, 1.165) is 29.2 Å². The zero-order valence-corrected chi connectivity index (χ0v) is 15.6. The molecule has 1 aromatic heterocycles. The number of aliphatic hydroxyl groups excluding tert-OH is 1. The normalized spacial score (nSPS) is 19.7. The van der Waals surface area contributed by atoms with E-state index in [1.54, 1.807) is 23.2 Å². The Hall–Kier alpha value is -2.79. The van der Waals surface area contributed by atoms with Gasteiger partial charge in [0.1, 0.15) is 11.5 Å². The third-order valence-electron chi connectivity index (χ3n) is 5.65. The summed E-state index contributed by atoms with van der Waals surface area (Å²) in [6.45, 7) is 1.09. The Morgan fingerprint density at radius 3 is 2.71 bits per heavy atom. The van der Waals surface area contributed by atoms with Crippen LogP contribution in [0.5, 0.6) is 0 Å². The molecular weight excluding hydrogens is 355 g/mol. The number of carbonyl (C=O) groups excluding carboxylic acids is 1. The van der Waals surface area contributed by atoms with Gasteiger partial charge in [-0.2, -0.15) is 0 Å². The van der Waals surface area contributed by atoms with E-state index in [0.29, 0.717) is 25.2 Å². The molecule has 1 aliphatic rings. The van der Waals surface area contributed by atoms with Crippen molar-refractivity contribution in [3.8, 4) is 0 Å². The maximum Gasteiger partial charge on any atom is 0.273 e. The summed E-state index contributed by atoms with van der Waals surface area (Å²) >= 11 is 0. The summed E-state index contributed by atoms with van der Waals surface area (Å²) in [6, 6.07) is 16.0. The lowest BCUT2D eigenvalue weighted by molar-refractivity contribution is 0.0269. The number of carbonyl (C=O) groups is 1. The van der Waals surface area contributed by atoms with Crippen LogP contribution in [0.4, 0.5) is 4.39 Å². The van der Waals surface area contributed by atoms with E-state index in [9.17, 15) is 14.3 Å². The molecule has 0 bridgehead atoms. The van der Waals surface area contributed by atoms with Crippen molar-refractivity contribution >= 4 is 16.7 Å². The van der Waals surface area contributed by atoms with E-state index in [1.165, 1.54) is 12.1 Å². The molecule has 4 rings (SSSR count). The minimum Gasteiger partial charge on any atom is -0.396 e. The summed E-state index contributed by atoms with van der Waals surface area (Å²) in [5, 5.41) is 12.0. The molecule has 4 nitrogen and oxygen atoms in total. The summed E-state index contributed by atoms with van der Waals surface area (Å²) in [5.41, 5.74) is 0.998.